The van der Waals surface area contributed by atoms with Crippen LogP contribution in [0.2, 0.25) is 0 Å². The lowest BCUT2D eigenvalue weighted by Crippen LogP contribution is -2.48. The third kappa shape index (κ3) is 3.42. The summed E-state index contributed by atoms with van der Waals surface area (Å²) >= 11 is 0. The summed E-state index contributed by atoms with van der Waals surface area (Å²) in [5.74, 6) is -4.13. The van der Waals surface area contributed by atoms with Crippen molar-refractivity contribution in [3.63, 3.8) is 0 Å². The molecule has 130 valence electrons. The summed E-state index contributed by atoms with van der Waals surface area (Å²) in [7, 11) is 2.89. The van der Waals surface area contributed by atoms with Gasteiger partial charge in [0.25, 0.3) is 5.91 Å². The predicted molar refractivity (Wildman–Crippen MR) is 82.3 cm³/mol. The fourth-order valence-corrected chi connectivity index (χ4v) is 2.83. The zero-order valence-electron chi connectivity index (χ0n) is 13.4. The molecule has 1 aliphatic heterocycles. The molecule has 2 atom stereocenters. The van der Waals surface area contributed by atoms with Crippen LogP contribution in [0.5, 0.6) is 11.5 Å². The summed E-state index contributed by atoms with van der Waals surface area (Å²) in [4.78, 5) is 36.6. The first-order valence-electron chi connectivity index (χ1n) is 7.36. The zero-order valence-corrected chi connectivity index (χ0v) is 13.4. The van der Waals surface area contributed by atoms with E-state index in [9.17, 15) is 19.5 Å². The monoisotopic (exact) mass is 337 g/mol. The molecular weight excluding hydrogens is 318 g/mol. The molecule has 0 aromatic heterocycles. The smallest absolute Gasteiger partial charge is 0.309 e. The minimum Gasteiger partial charge on any atom is -0.497 e. The molecular formula is C16H19NO7. The van der Waals surface area contributed by atoms with Gasteiger partial charge in [0, 0.05) is 13.1 Å². The number of nitrogens with zero attached hydrogens (tertiary/aromatic N) is 1. The Kier molecular flexibility index (Phi) is 5.28. The maximum atomic E-state index is 12.7. The molecule has 2 unspecified atom stereocenters. The highest BCUT2D eigenvalue weighted by Gasteiger charge is 2.40. The number of carboxylic acid groups (broad SMARTS) is 2. The fraction of sp³-hybridized carbons (Fsp3) is 0.438. The van der Waals surface area contributed by atoms with Crippen LogP contribution in [0.3, 0.4) is 0 Å². The largest absolute Gasteiger partial charge is 0.497 e. The second kappa shape index (κ2) is 7.20. The first-order valence-corrected chi connectivity index (χ1v) is 7.36. The minimum absolute atomic E-state index is 0.0876. The van der Waals surface area contributed by atoms with Gasteiger partial charge in [-0.15, -0.1) is 0 Å². The lowest BCUT2D eigenvalue weighted by atomic mass is 9.85. The second-order valence-electron chi connectivity index (χ2n) is 5.50. The first kappa shape index (κ1) is 17.6. The number of hydrogen-bond donors (Lipinski definition) is 2. The van der Waals surface area contributed by atoms with Crippen molar-refractivity contribution in [1.82, 2.24) is 4.90 Å². The lowest BCUT2D eigenvalue weighted by Gasteiger charge is -2.34. The molecule has 0 aliphatic carbocycles. The van der Waals surface area contributed by atoms with Crippen LogP contribution in [-0.2, 0) is 9.59 Å². The number of benzene rings is 1. The zero-order chi connectivity index (χ0) is 17.9. The van der Waals surface area contributed by atoms with Gasteiger partial charge in [-0.05, 0) is 24.6 Å². The number of carbonyl (C=O) groups excluding carboxylic acids is 1. The molecule has 2 rings (SSSR count). The standard InChI is InChI=1S/C16H19NO7/c1-23-9-3-4-13(24-2)11(7-9)14(18)17-6-5-10(15(19)20)12(8-17)16(21)22/h3-4,7,10,12H,5-6,8H2,1-2H3,(H,19,20)(H,21,22). The molecule has 1 heterocycles. The van der Waals surface area contributed by atoms with E-state index in [4.69, 9.17) is 14.6 Å². The normalized spacial score (nSPS) is 20.3. The van der Waals surface area contributed by atoms with Gasteiger partial charge < -0.3 is 24.6 Å². The maximum Gasteiger partial charge on any atom is 0.309 e. The van der Waals surface area contributed by atoms with Gasteiger partial charge in [-0.3, -0.25) is 14.4 Å². The highest BCUT2D eigenvalue weighted by atomic mass is 16.5. The van der Waals surface area contributed by atoms with E-state index in [1.165, 1.54) is 25.2 Å². The van der Waals surface area contributed by atoms with Crippen molar-refractivity contribution in [2.45, 2.75) is 6.42 Å². The molecule has 1 fully saturated rings. The Morgan fingerprint density at radius 2 is 1.75 bits per heavy atom. The Hall–Kier alpha value is -2.77. The molecule has 1 aromatic rings. The molecule has 1 saturated heterocycles. The van der Waals surface area contributed by atoms with E-state index in [2.05, 4.69) is 0 Å². The summed E-state index contributed by atoms with van der Waals surface area (Å²) < 4.78 is 10.3. The number of aliphatic carboxylic acids is 2. The Morgan fingerprint density at radius 3 is 2.29 bits per heavy atom. The molecule has 8 nitrogen and oxygen atoms in total. The topological polar surface area (TPSA) is 113 Å². The van der Waals surface area contributed by atoms with E-state index in [1.807, 2.05) is 0 Å². The van der Waals surface area contributed by atoms with Crippen LogP contribution in [0.1, 0.15) is 16.8 Å². The highest BCUT2D eigenvalue weighted by Crippen LogP contribution is 2.29. The number of carboxylic acids is 2. The highest BCUT2D eigenvalue weighted by molar-refractivity contribution is 5.98. The van der Waals surface area contributed by atoms with Crippen LogP contribution in [-0.4, -0.2) is 60.3 Å². The predicted octanol–water partition coefficient (Wildman–Crippen LogP) is 0.951. The fourth-order valence-electron chi connectivity index (χ4n) is 2.83. The van der Waals surface area contributed by atoms with Crippen molar-refractivity contribution in [2.24, 2.45) is 11.8 Å². The summed E-state index contributed by atoms with van der Waals surface area (Å²) in [6.45, 7) is 0.00540. The third-order valence-corrected chi connectivity index (χ3v) is 4.17. The second-order valence-corrected chi connectivity index (χ2v) is 5.50. The van der Waals surface area contributed by atoms with Crippen LogP contribution >= 0.6 is 0 Å². The molecule has 0 saturated carbocycles. The summed E-state index contributed by atoms with van der Waals surface area (Å²) in [5.41, 5.74) is 0.245. The van der Waals surface area contributed by atoms with E-state index < -0.39 is 29.7 Å². The van der Waals surface area contributed by atoms with Gasteiger partial charge in [0.2, 0.25) is 0 Å². The molecule has 0 bridgehead atoms. The quantitative estimate of drug-likeness (QED) is 0.822. The molecule has 2 N–H and O–H groups in total. The number of carbonyl (C=O) groups is 3. The van der Waals surface area contributed by atoms with Crippen LogP contribution in [0, 0.1) is 11.8 Å². The number of likely N-dealkylation sites (tertiary alicyclic amines) is 1. The van der Waals surface area contributed by atoms with Crippen LogP contribution in [0.4, 0.5) is 0 Å². The van der Waals surface area contributed by atoms with E-state index in [-0.39, 0.29) is 25.1 Å². The SMILES string of the molecule is COc1ccc(OC)c(C(=O)N2CCC(C(=O)O)C(C(=O)O)C2)c1. The van der Waals surface area contributed by atoms with Crippen LogP contribution in [0.15, 0.2) is 18.2 Å². The summed E-state index contributed by atoms with van der Waals surface area (Å²) in [6.07, 6.45) is 0.0876. The Balaban J connectivity index is 2.27. The maximum absolute atomic E-state index is 12.7. The van der Waals surface area contributed by atoms with Gasteiger partial charge >= 0.3 is 11.9 Å². The molecule has 8 heteroatoms. The number of rotatable bonds is 5. The van der Waals surface area contributed by atoms with Gasteiger partial charge in [-0.2, -0.15) is 0 Å². The number of amides is 1. The molecule has 1 aliphatic rings. The molecule has 1 aromatic carbocycles. The first-order chi connectivity index (χ1) is 11.4. The van der Waals surface area contributed by atoms with Gasteiger partial charge in [-0.25, -0.2) is 0 Å². The minimum atomic E-state index is -1.22. The van der Waals surface area contributed by atoms with E-state index in [1.54, 1.807) is 12.1 Å². The molecule has 0 radical (unpaired) electrons. The van der Waals surface area contributed by atoms with Gasteiger partial charge in [0.1, 0.15) is 11.5 Å². The van der Waals surface area contributed by atoms with Gasteiger partial charge in [0.05, 0.1) is 31.6 Å². The Morgan fingerprint density at radius 1 is 1.08 bits per heavy atom. The van der Waals surface area contributed by atoms with Crippen molar-refractivity contribution < 1.29 is 34.1 Å². The molecule has 0 spiro atoms. The van der Waals surface area contributed by atoms with Crippen molar-refractivity contribution >= 4 is 17.8 Å². The average molecular weight is 337 g/mol. The number of methoxy groups -OCH3 is 2. The van der Waals surface area contributed by atoms with Gasteiger partial charge in [-0.1, -0.05) is 0 Å². The van der Waals surface area contributed by atoms with Gasteiger partial charge in [0.15, 0.2) is 0 Å². The van der Waals surface area contributed by atoms with Crippen molar-refractivity contribution in [2.75, 3.05) is 27.3 Å². The van der Waals surface area contributed by atoms with Crippen molar-refractivity contribution in [1.29, 1.82) is 0 Å². The number of hydrogen-bond acceptors (Lipinski definition) is 5. The Labute approximate surface area is 138 Å². The molecule has 1 amide bonds. The average Bonchev–Trinajstić information content (AvgIpc) is 2.59. The number of piperidine rings is 1. The number of ether oxygens (including phenoxy) is 2. The van der Waals surface area contributed by atoms with E-state index >= 15 is 0 Å². The van der Waals surface area contributed by atoms with Crippen molar-refractivity contribution in [3.05, 3.63) is 23.8 Å². The van der Waals surface area contributed by atoms with Crippen LogP contribution in [0.25, 0.3) is 0 Å². The third-order valence-electron chi connectivity index (χ3n) is 4.17. The van der Waals surface area contributed by atoms with E-state index in [0.717, 1.165) is 0 Å². The summed E-state index contributed by atoms with van der Waals surface area (Å²) in [5, 5.41) is 18.4. The lowest BCUT2D eigenvalue weighted by molar-refractivity contribution is -0.156. The molecule has 24 heavy (non-hydrogen) atoms. The van der Waals surface area contributed by atoms with Crippen LogP contribution < -0.4 is 9.47 Å². The van der Waals surface area contributed by atoms with E-state index in [0.29, 0.717) is 11.5 Å². The Bertz CT molecular complexity index is 658. The van der Waals surface area contributed by atoms with Crippen molar-refractivity contribution in [3.8, 4) is 11.5 Å². The summed E-state index contributed by atoms with van der Waals surface area (Å²) in [6, 6.07) is 4.75.